The minimum Gasteiger partial charge on any atom is -0.507 e. The molecular weight excluding hydrogens is 320 g/mol. The van der Waals surface area contributed by atoms with Crippen molar-refractivity contribution in [1.82, 2.24) is 0 Å². The lowest BCUT2D eigenvalue weighted by molar-refractivity contribution is 0.0972. The third-order valence-corrected chi connectivity index (χ3v) is 4.78. The number of ketones is 2. The molecule has 0 radical (unpaired) electrons. The second-order valence-corrected chi connectivity index (χ2v) is 7.03. The minimum absolute atomic E-state index is 0.0663. The Labute approximate surface area is 144 Å². The van der Waals surface area contributed by atoms with E-state index in [1.807, 2.05) is 13.8 Å². The first-order chi connectivity index (χ1) is 11.7. The average Bonchev–Trinajstić information content (AvgIpc) is 2.50. The molecular formula is C20H16O5. The number of benzene rings is 2. The van der Waals surface area contributed by atoms with Crippen LogP contribution in [0, 0.1) is 6.92 Å². The van der Waals surface area contributed by atoms with Crippen molar-refractivity contribution in [1.29, 1.82) is 0 Å². The van der Waals surface area contributed by atoms with Gasteiger partial charge in [0, 0.05) is 28.2 Å². The minimum atomic E-state index is -0.562. The van der Waals surface area contributed by atoms with Gasteiger partial charge in [0.1, 0.15) is 17.2 Å². The molecule has 0 saturated carbocycles. The molecule has 0 saturated heterocycles. The Bertz CT molecular complexity index is 1010. The zero-order valence-corrected chi connectivity index (χ0v) is 14.0. The standard InChI is InChI=1S/C20H16O5/c1-9-6-10-14(11(21)7-9)19(24)15-12(22)8-13-17(16(15)18(10)23)20(2,3)4-5-25-13/h4-8,21-22H,1-3H3. The average molecular weight is 336 g/mol. The molecule has 25 heavy (non-hydrogen) atoms. The fourth-order valence-electron chi connectivity index (χ4n) is 3.64. The lowest BCUT2D eigenvalue weighted by Crippen LogP contribution is -2.29. The van der Waals surface area contributed by atoms with Crippen molar-refractivity contribution >= 4 is 11.6 Å². The fraction of sp³-hybridized carbons (Fsp3) is 0.200. The highest BCUT2D eigenvalue weighted by molar-refractivity contribution is 6.31. The number of fused-ring (bicyclic) bond motifs is 4. The van der Waals surface area contributed by atoms with Crippen LogP contribution in [0.1, 0.15) is 56.8 Å². The van der Waals surface area contributed by atoms with Crippen LogP contribution in [-0.4, -0.2) is 21.8 Å². The summed E-state index contributed by atoms with van der Waals surface area (Å²) in [6, 6.07) is 4.36. The molecule has 126 valence electrons. The van der Waals surface area contributed by atoms with Crippen molar-refractivity contribution in [2.75, 3.05) is 0 Å². The number of aromatic hydroxyl groups is 2. The van der Waals surface area contributed by atoms with Crippen LogP contribution in [0.15, 0.2) is 30.5 Å². The van der Waals surface area contributed by atoms with Gasteiger partial charge < -0.3 is 14.9 Å². The highest BCUT2D eigenvalue weighted by atomic mass is 16.5. The Kier molecular flexibility index (Phi) is 2.92. The van der Waals surface area contributed by atoms with E-state index in [0.717, 1.165) is 0 Å². The van der Waals surface area contributed by atoms with E-state index in [-0.39, 0.29) is 33.8 Å². The van der Waals surface area contributed by atoms with Crippen LogP contribution < -0.4 is 4.74 Å². The number of allylic oxidation sites excluding steroid dienone is 1. The first-order valence-electron chi connectivity index (χ1n) is 7.90. The number of hydrogen-bond donors (Lipinski definition) is 2. The summed E-state index contributed by atoms with van der Waals surface area (Å²) in [6.07, 6.45) is 3.31. The number of aryl methyl sites for hydroxylation is 1. The van der Waals surface area contributed by atoms with Gasteiger partial charge in [-0.2, -0.15) is 0 Å². The Balaban J connectivity index is 2.13. The third-order valence-electron chi connectivity index (χ3n) is 4.78. The number of phenols is 2. The van der Waals surface area contributed by atoms with Gasteiger partial charge in [-0.1, -0.05) is 13.8 Å². The molecule has 2 N–H and O–H groups in total. The maximum atomic E-state index is 13.2. The lowest BCUT2D eigenvalue weighted by Gasteiger charge is -2.32. The molecule has 5 heteroatoms. The maximum Gasteiger partial charge on any atom is 0.201 e. The number of ether oxygens (including phenoxy) is 1. The second kappa shape index (κ2) is 4.72. The van der Waals surface area contributed by atoms with E-state index in [9.17, 15) is 19.8 Å². The first kappa shape index (κ1) is 15.4. The van der Waals surface area contributed by atoms with Gasteiger partial charge in [0.2, 0.25) is 5.78 Å². The van der Waals surface area contributed by atoms with Crippen LogP contribution in [0.3, 0.4) is 0 Å². The predicted molar refractivity (Wildman–Crippen MR) is 90.6 cm³/mol. The van der Waals surface area contributed by atoms with E-state index in [1.165, 1.54) is 18.4 Å². The summed E-state index contributed by atoms with van der Waals surface area (Å²) >= 11 is 0. The van der Waals surface area contributed by atoms with E-state index in [2.05, 4.69) is 0 Å². The first-order valence-corrected chi connectivity index (χ1v) is 7.90. The molecule has 1 heterocycles. The van der Waals surface area contributed by atoms with Crippen molar-refractivity contribution in [2.24, 2.45) is 0 Å². The van der Waals surface area contributed by atoms with Gasteiger partial charge in [0.15, 0.2) is 5.78 Å². The topological polar surface area (TPSA) is 83.8 Å². The highest BCUT2D eigenvalue weighted by Gasteiger charge is 2.41. The van der Waals surface area contributed by atoms with Gasteiger partial charge in [-0.3, -0.25) is 9.59 Å². The lowest BCUT2D eigenvalue weighted by atomic mass is 9.72. The fourth-order valence-corrected chi connectivity index (χ4v) is 3.64. The van der Waals surface area contributed by atoms with Crippen LogP contribution in [0.25, 0.3) is 0 Å². The summed E-state index contributed by atoms with van der Waals surface area (Å²) in [5.74, 6) is -1.20. The van der Waals surface area contributed by atoms with Gasteiger partial charge in [-0.15, -0.1) is 0 Å². The van der Waals surface area contributed by atoms with Crippen LogP contribution >= 0.6 is 0 Å². The Morgan fingerprint density at radius 3 is 2.32 bits per heavy atom. The molecule has 2 aliphatic rings. The van der Waals surface area contributed by atoms with Crippen LogP contribution in [0.4, 0.5) is 0 Å². The highest BCUT2D eigenvalue weighted by Crippen LogP contribution is 2.47. The van der Waals surface area contributed by atoms with Crippen LogP contribution in [-0.2, 0) is 5.41 Å². The van der Waals surface area contributed by atoms with E-state index < -0.39 is 17.0 Å². The van der Waals surface area contributed by atoms with Gasteiger partial charge in [-0.25, -0.2) is 0 Å². The van der Waals surface area contributed by atoms with Crippen LogP contribution in [0.5, 0.6) is 17.2 Å². The molecule has 0 unspecified atom stereocenters. The summed E-state index contributed by atoms with van der Waals surface area (Å²) < 4.78 is 5.47. The van der Waals surface area contributed by atoms with Gasteiger partial charge in [0.25, 0.3) is 0 Å². The Morgan fingerprint density at radius 1 is 0.920 bits per heavy atom. The molecule has 0 aromatic heterocycles. The number of rotatable bonds is 0. The quantitative estimate of drug-likeness (QED) is 0.657. The SMILES string of the molecule is Cc1cc(O)c2c(c1)C(=O)c1c(c(O)cc3c1C(C)(C)C=CO3)C2=O. The molecule has 1 aliphatic heterocycles. The summed E-state index contributed by atoms with van der Waals surface area (Å²) in [6.45, 7) is 5.55. The molecule has 1 aliphatic carbocycles. The molecule has 5 nitrogen and oxygen atoms in total. The normalized spacial score (nSPS) is 16.8. The molecule has 0 spiro atoms. The van der Waals surface area contributed by atoms with Gasteiger partial charge in [-0.05, 0) is 30.7 Å². The zero-order chi connectivity index (χ0) is 18.1. The second-order valence-electron chi connectivity index (χ2n) is 7.03. The van der Waals surface area contributed by atoms with E-state index in [4.69, 9.17) is 4.74 Å². The molecule has 0 atom stereocenters. The summed E-state index contributed by atoms with van der Waals surface area (Å²) in [5.41, 5.74) is 0.828. The van der Waals surface area contributed by atoms with Crippen LogP contribution in [0.2, 0.25) is 0 Å². The summed E-state index contributed by atoms with van der Waals surface area (Å²) in [7, 11) is 0. The number of phenolic OH excluding ortho intramolecular Hbond substituents is 2. The van der Waals surface area contributed by atoms with Crippen molar-refractivity contribution < 1.29 is 24.5 Å². The molecule has 0 amide bonds. The van der Waals surface area contributed by atoms with E-state index >= 15 is 0 Å². The van der Waals surface area contributed by atoms with E-state index in [0.29, 0.717) is 16.9 Å². The molecule has 0 fully saturated rings. The van der Waals surface area contributed by atoms with Crippen molar-refractivity contribution in [3.63, 3.8) is 0 Å². The van der Waals surface area contributed by atoms with Crippen molar-refractivity contribution in [2.45, 2.75) is 26.2 Å². The Morgan fingerprint density at radius 2 is 1.60 bits per heavy atom. The van der Waals surface area contributed by atoms with Crippen molar-refractivity contribution in [3.8, 4) is 17.2 Å². The molecule has 2 aromatic rings. The zero-order valence-electron chi connectivity index (χ0n) is 14.0. The smallest absolute Gasteiger partial charge is 0.201 e. The predicted octanol–water partition coefficient (Wildman–Crippen LogP) is 3.37. The van der Waals surface area contributed by atoms with Gasteiger partial charge >= 0.3 is 0 Å². The monoisotopic (exact) mass is 336 g/mol. The number of hydrogen-bond acceptors (Lipinski definition) is 5. The third kappa shape index (κ3) is 1.95. The Hall–Kier alpha value is -3.08. The molecule has 0 bridgehead atoms. The number of carbonyl (C=O) groups excluding carboxylic acids is 2. The van der Waals surface area contributed by atoms with Crippen molar-refractivity contribution in [3.05, 3.63) is 63.9 Å². The largest absolute Gasteiger partial charge is 0.507 e. The molecule has 2 aromatic carbocycles. The molecule has 4 rings (SSSR count). The summed E-state index contributed by atoms with van der Waals surface area (Å²) in [4.78, 5) is 26.2. The van der Waals surface area contributed by atoms with E-state index in [1.54, 1.807) is 19.1 Å². The van der Waals surface area contributed by atoms with Gasteiger partial charge in [0.05, 0.1) is 17.4 Å². The summed E-state index contributed by atoms with van der Waals surface area (Å²) in [5, 5.41) is 20.6. The number of carbonyl (C=O) groups is 2. The maximum absolute atomic E-state index is 13.2.